The number of rotatable bonds is 4. The molecule has 0 spiro atoms. The number of hydrogen-bond donors (Lipinski definition) is 0. The Morgan fingerprint density at radius 1 is 1.16 bits per heavy atom. The Morgan fingerprint density at radius 3 is 2.41 bits per heavy atom. The number of amidine groups is 1. The van der Waals surface area contributed by atoms with Crippen LogP contribution in [0.5, 0.6) is 0 Å². The average molecular weight is 453 g/mol. The molecule has 1 unspecified atom stereocenters. The SMILES string of the molecule is COC(=O)C1=CN=C(OC)N(C(=O)OC2CCC([N+](=O)[O-])CC2)C1c1ccc(F)c(F)c1. The van der Waals surface area contributed by atoms with Gasteiger partial charge in [0.25, 0.3) is 0 Å². The highest BCUT2D eigenvalue weighted by atomic mass is 19.2. The Morgan fingerprint density at radius 2 is 1.84 bits per heavy atom. The lowest BCUT2D eigenvalue weighted by molar-refractivity contribution is -0.527. The fourth-order valence-electron chi connectivity index (χ4n) is 3.71. The topological polar surface area (TPSA) is 121 Å². The van der Waals surface area contributed by atoms with E-state index in [9.17, 15) is 28.5 Å². The van der Waals surface area contributed by atoms with Crippen molar-refractivity contribution in [3.63, 3.8) is 0 Å². The number of aliphatic imine (C=N–C) groups is 1. The first-order valence-electron chi connectivity index (χ1n) is 9.75. The van der Waals surface area contributed by atoms with E-state index in [1.807, 2.05) is 0 Å². The molecule has 172 valence electrons. The molecule has 1 aromatic rings. The van der Waals surface area contributed by atoms with E-state index in [0.717, 1.165) is 30.3 Å². The lowest BCUT2D eigenvalue weighted by atomic mass is 9.93. The highest BCUT2D eigenvalue weighted by Crippen LogP contribution is 2.35. The molecule has 1 aliphatic heterocycles. The zero-order valence-corrected chi connectivity index (χ0v) is 17.3. The lowest BCUT2D eigenvalue weighted by Crippen LogP contribution is -2.46. The van der Waals surface area contributed by atoms with Gasteiger partial charge in [-0.15, -0.1) is 0 Å². The van der Waals surface area contributed by atoms with Crippen molar-refractivity contribution in [3.8, 4) is 0 Å². The van der Waals surface area contributed by atoms with Crippen LogP contribution in [-0.2, 0) is 19.0 Å². The second kappa shape index (κ2) is 9.71. The molecule has 0 bridgehead atoms. The number of carbonyl (C=O) groups excluding carboxylic acids is 2. The molecule has 0 saturated heterocycles. The lowest BCUT2D eigenvalue weighted by Gasteiger charge is -2.35. The van der Waals surface area contributed by atoms with Gasteiger partial charge in [0.2, 0.25) is 6.04 Å². The molecule has 1 heterocycles. The molecule has 10 nitrogen and oxygen atoms in total. The van der Waals surface area contributed by atoms with E-state index in [0.29, 0.717) is 0 Å². The number of esters is 1. The largest absolute Gasteiger partial charge is 0.468 e. The summed E-state index contributed by atoms with van der Waals surface area (Å²) in [6, 6.07) is 0.711. The zero-order valence-electron chi connectivity index (χ0n) is 17.3. The van der Waals surface area contributed by atoms with E-state index in [1.165, 1.54) is 13.2 Å². The van der Waals surface area contributed by atoms with Gasteiger partial charge in [0.15, 0.2) is 11.6 Å². The summed E-state index contributed by atoms with van der Waals surface area (Å²) >= 11 is 0. The number of nitrogens with zero attached hydrogens (tertiary/aromatic N) is 3. The first-order chi connectivity index (χ1) is 15.3. The summed E-state index contributed by atoms with van der Waals surface area (Å²) in [4.78, 5) is 40.9. The van der Waals surface area contributed by atoms with E-state index in [1.54, 1.807) is 0 Å². The highest BCUT2D eigenvalue weighted by molar-refractivity contribution is 5.98. The van der Waals surface area contributed by atoms with Crippen LogP contribution in [0, 0.1) is 21.7 Å². The molecule has 32 heavy (non-hydrogen) atoms. The molecule has 1 aliphatic carbocycles. The third-order valence-corrected chi connectivity index (χ3v) is 5.34. The number of halogens is 2. The highest BCUT2D eigenvalue weighted by Gasteiger charge is 2.41. The Labute approximate surface area is 181 Å². The number of methoxy groups -OCH3 is 2. The Balaban J connectivity index is 1.92. The fourth-order valence-corrected chi connectivity index (χ4v) is 3.71. The maximum atomic E-state index is 14.0. The van der Waals surface area contributed by atoms with Gasteiger partial charge < -0.3 is 14.2 Å². The van der Waals surface area contributed by atoms with Crippen LogP contribution < -0.4 is 0 Å². The molecule has 0 radical (unpaired) electrons. The Bertz CT molecular complexity index is 974. The third kappa shape index (κ3) is 4.68. The monoisotopic (exact) mass is 453 g/mol. The molecule has 3 rings (SSSR count). The average Bonchev–Trinajstić information content (AvgIpc) is 2.79. The van der Waals surface area contributed by atoms with E-state index in [4.69, 9.17) is 14.2 Å². The summed E-state index contributed by atoms with van der Waals surface area (Å²) in [5, 5.41) is 10.9. The molecule has 1 atom stereocenters. The van der Waals surface area contributed by atoms with Gasteiger partial charge in [0.05, 0.1) is 19.8 Å². The number of ether oxygens (including phenoxy) is 3. The van der Waals surface area contributed by atoms with Gasteiger partial charge >= 0.3 is 18.1 Å². The normalized spacial score (nSPS) is 23.0. The van der Waals surface area contributed by atoms with Gasteiger partial charge in [-0.1, -0.05) is 6.07 Å². The minimum atomic E-state index is -1.27. The molecule has 0 aromatic heterocycles. The van der Waals surface area contributed by atoms with Crippen LogP contribution in [0.1, 0.15) is 37.3 Å². The third-order valence-electron chi connectivity index (χ3n) is 5.34. The van der Waals surface area contributed by atoms with Crippen molar-refractivity contribution in [2.24, 2.45) is 4.99 Å². The van der Waals surface area contributed by atoms with Gasteiger partial charge in [0, 0.05) is 24.0 Å². The van der Waals surface area contributed by atoms with E-state index < -0.39 is 41.9 Å². The molecular weight excluding hydrogens is 432 g/mol. The van der Waals surface area contributed by atoms with Crippen molar-refractivity contribution >= 4 is 18.1 Å². The molecule has 1 fully saturated rings. The smallest absolute Gasteiger partial charge is 0.419 e. The first kappa shape index (κ1) is 23.1. The quantitative estimate of drug-likeness (QED) is 0.390. The minimum absolute atomic E-state index is 0.0546. The van der Waals surface area contributed by atoms with E-state index in [2.05, 4.69) is 4.99 Å². The van der Waals surface area contributed by atoms with Crippen molar-refractivity contribution < 1.29 is 37.5 Å². The van der Waals surface area contributed by atoms with Gasteiger partial charge in [-0.2, -0.15) is 0 Å². The Hall–Kier alpha value is -3.57. The van der Waals surface area contributed by atoms with Crippen LogP contribution in [0.4, 0.5) is 13.6 Å². The zero-order chi connectivity index (χ0) is 23.4. The summed E-state index contributed by atoms with van der Waals surface area (Å²) in [6.45, 7) is 0. The van der Waals surface area contributed by atoms with E-state index >= 15 is 0 Å². The number of hydrogen-bond acceptors (Lipinski definition) is 8. The van der Waals surface area contributed by atoms with Gasteiger partial charge in [0.1, 0.15) is 12.1 Å². The molecular formula is C20H21F2N3O7. The van der Waals surface area contributed by atoms with E-state index in [-0.39, 0.29) is 47.8 Å². The standard InChI is InChI=1S/C20H21F2N3O7/c1-30-18(26)14-10-23-19(31-2)24(17(14)11-3-8-15(21)16(22)9-11)20(27)32-13-6-4-12(5-7-13)25(28)29/h3,8-10,12-13,17H,4-7H2,1-2H3. The summed E-state index contributed by atoms with van der Waals surface area (Å²) in [5.74, 6) is -3.13. The molecule has 1 saturated carbocycles. The maximum Gasteiger partial charge on any atom is 0.419 e. The predicted molar refractivity (Wildman–Crippen MR) is 105 cm³/mol. The second-order valence-electron chi connectivity index (χ2n) is 7.24. The van der Waals surface area contributed by atoms with Crippen molar-refractivity contribution in [2.75, 3.05) is 14.2 Å². The van der Waals surface area contributed by atoms with Crippen LogP contribution in [0.25, 0.3) is 0 Å². The van der Waals surface area contributed by atoms with Crippen LogP contribution >= 0.6 is 0 Å². The van der Waals surface area contributed by atoms with Gasteiger partial charge in [-0.25, -0.2) is 28.3 Å². The molecule has 12 heteroatoms. The summed E-state index contributed by atoms with van der Waals surface area (Å²) in [7, 11) is 2.36. The fraction of sp³-hybridized carbons (Fsp3) is 0.450. The summed E-state index contributed by atoms with van der Waals surface area (Å²) in [6.07, 6.45) is 0.601. The van der Waals surface area contributed by atoms with Crippen LogP contribution in [-0.4, -0.2) is 54.3 Å². The van der Waals surface area contributed by atoms with Crippen molar-refractivity contribution in [3.05, 3.63) is 57.3 Å². The number of benzene rings is 1. The number of nitro groups is 1. The molecule has 0 N–H and O–H groups in total. The maximum absolute atomic E-state index is 14.0. The van der Waals surface area contributed by atoms with Crippen molar-refractivity contribution in [2.45, 2.75) is 43.9 Å². The number of carbonyl (C=O) groups is 2. The van der Waals surface area contributed by atoms with Crippen LogP contribution in [0.2, 0.25) is 0 Å². The minimum Gasteiger partial charge on any atom is -0.468 e. The van der Waals surface area contributed by atoms with Crippen molar-refractivity contribution in [1.29, 1.82) is 0 Å². The molecule has 2 aliphatic rings. The Kier molecular flexibility index (Phi) is 7.01. The molecule has 1 amide bonds. The molecule has 1 aromatic carbocycles. The first-order valence-corrected chi connectivity index (χ1v) is 9.75. The van der Waals surface area contributed by atoms with Crippen molar-refractivity contribution in [1.82, 2.24) is 4.90 Å². The van der Waals surface area contributed by atoms with Gasteiger partial charge in [-0.05, 0) is 30.5 Å². The second-order valence-corrected chi connectivity index (χ2v) is 7.24. The van der Waals surface area contributed by atoms with Crippen LogP contribution in [0.3, 0.4) is 0 Å². The number of amides is 1. The van der Waals surface area contributed by atoms with Crippen LogP contribution in [0.15, 0.2) is 35.0 Å². The predicted octanol–water partition coefficient (Wildman–Crippen LogP) is 3.11. The van der Waals surface area contributed by atoms with Gasteiger partial charge in [-0.3, -0.25) is 10.1 Å². The summed E-state index contributed by atoms with van der Waals surface area (Å²) in [5.41, 5.74) is -0.0765. The summed E-state index contributed by atoms with van der Waals surface area (Å²) < 4.78 is 42.9.